The largest absolute Gasteiger partial charge is 0.379 e. The molecule has 94 valence electrons. The summed E-state index contributed by atoms with van der Waals surface area (Å²) in [6.45, 7) is 1.50. The Morgan fingerprint density at radius 3 is 2.71 bits per heavy atom. The molecule has 1 aliphatic rings. The number of ether oxygens (including phenoxy) is 1. The minimum atomic E-state index is -3.57. The van der Waals surface area contributed by atoms with Crippen molar-refractivity contribution >= 4 is 27.6 Å². The van der Waals surface area contributed by atoms with E-state index in [0.717, 1.165) is 0 Å². The van der Waals surface area contributed by atoms with E-state index in [1.807, 2.05) is 0 Å². The molecule has 6 nitrogen and oxygen atoms in total. The van der Waals surface area contributed by atoms with Gasteiger partial charge in [-0.15, -0.1) is 0 Å². The van der Waals surface area contributed by atoms with Gasteiger partial charge in [0.2, 0.25) is 0 Å². The van der Waals surface area contributed by atoms with Crippen molar-refractivity contribution in [1.82, 2.24) is 9.29 Å². The first-order valence-electron chi connectivity index (χ1n) is 5.06. The SMILES string of the molecule is O=S(=O)(Nc1cccc(Cl)n1)N1CCOCC1. The molecule has 0 unspecified atom stereocenters. The average Bonchev–Trinajstić information content (AvgIpc) is 2.29. The van der Waals surface area contributed by atoms with Gasteiger partial charge in [-0.05, 0) is 12.1 Å². The van der Waals surface area contributed by atoms with E-state index in [2.05, 4.69) is 9.71 Å². The standard InChI is InChI=1S/C9H12ClN3O3S/c10-8-2-1-3-9(11-8)12-17(14,15)13-4-6-16-7-5-13/h1-3H,4-7H2,(H,11,12). The quantitative estimate of drug-likeness (QED) is 0.827. The minimum Gasteiger partial charge on any atom is -0.379 e. The van der Waals surface area contributed by atoms with Crippen molar-refractivity contribution in [2.75, 3.05) is 31.0 Å². The lowest BCUT2D eigenvalue weighted by molar-refractivity contribution is 0.0733. The summed E-state index contributed by atoms with van der Waals surface area (Å²) in [5, 5.41) is 0.243. The van der Waals surface area contributed by atoms with Crippen LogP contribution in [0.1, 0.15) is 0 Å². The Labute approximate surface area is 105 Å². The van der Waals surface area contributed by atoms with E-state index in [1.165, 1.54) is 4.31 Å². The minimum absolute atomic E-state index is 0.212. The van der Waals surface area contributed by atoms with E-state index < -0.39 is 10.2 Å². The second kappa shape index (κ2) is 5.18. The smallest absolute Gasteiger partial charge is 0.302 e. The predicted octanol–water partition coefficient (Wildman–Crippen LogP) is 0.724. The van der Waals surface area contributed by atoms with Crippen molar-refractivity contribution in [3.63, 3.8) is 0 Å². The highest BCUT2D eigenvalue weighted by atomic mass is 35.5. The third kappa shape index (κ3) is 3.29. The fourth-order valence-corrected chi connectivity index (χ4v) is 2.75. The second-order valence-electron chi connectivity index (χ2n) is 3.46. The Hall–Kier alpha value is -0.890. The highest BCUT2D eigenvalue weighted by molar-refractivity contribution is 7.90. The summed E-state index contributed by atoms with van der Waals surface area (Å²) >= 11 is 5.68. The van der Waals surface area contributed by atoms with Crippen LogP contribution in [0.5, 0.6) is 0 Å². The molecule has 0 amide bonds. The van der Waals surface area contributed by atoms with Crippen LogP contribution < -0.4 is 4.72 Å². The highest BCUT2D eigenvalue weighted by Gasteiger charge is 2.24. The van der Waals surface area contributed by atoms with Gasteiger partial charge < -0.3 is 4.74 Å². The zero-order valence-corrected chi connectivity index (χ0v) is 10.5. The number of pyridine rings is 1. The Balaban J connectivity index is 2.11. The molecule has 0 bridgehead atoms. The molecule has 1 N–H and O–H groups in total. The Morgan fingerprint density at radius 1 is 1.35 bits per heavy atom. The third-order valence-electron chi connectivity index (χ3n) is 2.26. The molecule has 0 saturated carbocycles. The van der Waals surface area contributed by atoms with Gasteiger partial charge >= 0.3 is 10.2 Å². The molecule has 2 rings (SSSR count). The Morgan fingerprint density at radius 2 is 2.06 bits per heavy atom. The van der Waals surface area contributed by atoms with Crippen LogP contribution in [0.3, 0.4) is 0 Å². The molecule has 1 saturated heterocycles. The predicted molar refractivity (Wildman–Crippen MR) is 64.2 cm³/mol. The summed E-state index contributed by atoms with van der Waals surface area (Å²) in [7, 11) is -3.57. The number of nitrogens with zero attached hydrogens (tertiary/aromatic N) is 2. The van der Waals surface area contributed by atoms with Crippen molar-refractivity contribution < 1.29 is 13.2 Å². The van der Waals surface area contributed by atoms with E-state index in [1.54, 1.807) is 18.2 Å². The molecule has 17 heavy (non-hydrogen) atoms. The first-order valence-corrected chi connectivity index (χ1v) is 6.88. The van der Waals surface area contributed by atoms with Gasteiger partial charge in [-0.1, -0.05) is 17.7 Å². The molecule has 0 aromatic carbocycles. The zero-order valence-electron chi connectivity index (χ0n) is 8.97. The van der Waals surface area contributed by atoms with Crippen LogP contribution in [0.15, 0.2) is 18.2 Å². The number of hydrogen-bond donors (Lipinski definition) is 1. The molecular formula is C9H12ClN3O3S. The van der Waals surface area contributed by atoms with E-state index in [9.17, 15) is 8.42 Å². The third-order valence-corrected chi connectivity index (χ3v) is 3.98. The molecule has 1 fully saturated rings. The molecular weight excluding hydrogens is 266 g/mol. The van der Waals surface area contributed by atoms with Gasteiger partial charge in [0.1, 0.15) is 11.0 Å². The maximum atomic E-state index is 11.9. The number of anilines is 1. The van der Waals surface area contributed by atoms with E-state index in [0.29, 0.717) is 26.3 Å². The first-order chi connectivity index (χ1) is 8.08. The van der Waals surface area contributed by atoms with Crippen molar-refractivity contribution in [2.24, 2.45) is 0 Å². The molecule has 0 spiro atoms. The van der Waals surface area contributed by atoms with E-state index in [-0.39, 0.29) is 11.0 Å². The number of nitrogens with one attached hydrogen (secondary N) is 1. The summed E-state index contributed by atoms with van der Waals surface area (Å²) in [6, 6.07) is 4.75. The lowest BCUT2D eigenvalue weighted by atomic mass is 10.5. The van der Waals surface area contributed by atoms with Gasteiger partial charge in [0.15, 0.2) is 0 Å². The highest BCUT2D eigenvalue weighted by Crippen LogP contribution is 2.13. The molecule has 1 aromatic rings. The summed E-state index contributed by atoms with van der Waals surface area (Å²) in [5.41, 5.74) is 0. The number of halogens is 1. The van der Waals surface area contributed by atoms with Crippen LogP contribution in [0.4, 0.5) is 5.82 Å². The lowest BCUT2D eigenvalue weighted by Crippen LogP contribution is -2.43. The van der Waals surface area contributed by atoms with Crippen LogP contribution in [0.25, 0.3) is 0 Å². The summed E-state index contributed by atoms with van der Waals surface area (Å²) in [5.74, 6) is 0.212. The zero-order chi connectivity index (χ0) is 12.3. The Bertz CT molecular complexity index is 488. The van der Waals surface area contributed by atoms with Gasteiger partial charge in [-0.25, -0.2) is 4.98 Å². The fraction of sp³-hybridized carbons (Fsp3) is 0.444. The summed E-state index contributed by atoms with van der Waals surface area (Å²) < 4.78 is 32.7. The average molecular weight is 278 g/mol. The van der Waals surface area contributed by atoms with Crippen LogP contribution in [-0.4, -0.2) is 44.0 Å². The van der Waals surface area contributed by atoms with Gasteiger partial charge in [-0.3, -0.25) is 4.72 Å². The van der Waals surface area contributed by atoms with Gasteiger partial charge in [0.25, 0.3) is 0 Å². The van der Waals surface area contributed by atoms with Crippen molar-refractivity contribution in [1.29, 1.82) is 0 Å². The first kappa shape index (κ1) is 12.6. The monoisotopic (exact) mass is 277 g/mol. The van der Waals surface area contributed by atoms with Crippen molar-refractivity contribution in [2.45, 2.75) is 0 Å². The van der Waals surface area contributed by atoms with Crippen LogP contribution in [0, 0.1) is 0 Å². The number of morpholine rings is 1. The van der Waals surface area contributed by atoms with Crippen LogP contribution in [0.2, 0.25) is 5.15 Å². The molecule has 0 atom stereocenters. The molecule has 0 aliphatic carbocycles. The Kier molecular flexibility index (Phi) is 3.82. The molecule has 1 aliphatic heterocycles. The van der Waals surface area contributed by atoms with E-state index >= 15 is 0 Å². The molecule has 1 aromatic heterocycles. The van der Waals surface area contributed by atoms with Gasteiger partial charge in [0, 0.05) is 13.1 Å². The maximum absolute atomic E-state index is 11.9. The number of rotatable bonds is 3. The summed E-state index contributed by atoms with van der Waals surface area (Å²) in [6.07, 6.45) is 0. The van der Waals surface area contributed by atoms with Crippen LogP contribution >= 0.6 is 11.6 Å². The second-order valence-corrected chi connectivity index (χ2v) is 5.52. The molecule has 2 heterocycles. The number of aromatic nitrogens is 1. The molecule has 8 heteroatoms. The van der Waals surface area contributed by atoms with Crippen LogP contribution in [-0.2, 0) is 14.9 Å². The number of hydrogen-bond acceptors (Lipinski definition) is 4. The topological polar surface area (TPSA) is 71.5 Å². The summed E-state index contributed by atoms with van der Waals surface area (Å²) in [4.78, 5) is 3.87. The van der Waals surface area contributed by atoms with Gasteiger partial charge in [0.05, 0.1) is 13.2 Å². The van der Waals surface area contributed by atoms with E-state index in [4.69, 9.17) is 16.3 Å². The van der Waals surface area contributed by atoms with Gasteiger partial charge in [-0.2, -0.15) is 12.7 Å². The fourth-order valence-electron chi connectivity index (χ4n) is 1.45. The maximum Gasteiger partial charge on any atom is 0.302 e. The van der Waals surface area contributed by atoms with Crippen molar-refractivity contribution in [3.8, 4) is 0 Å². The molecule has 0 radical (unpaired) electrons. The lowest BCUT2D eigenvalue weighted by Gasteiger charge is -2.26. The van der Waals surface area contributed by atoms with Crippen molar-refractivity contribution in [3.05, 3.63) is 23.4 Å². The normalized spacial score (nSPS) is 17.9.